The van der Waals surface area contributed by atoms with E-state index in [2.05, 4.69) is 15.3 Å². The number of carboxylic acids is 1. The largest absolute Gasteiger partial charge is 0.477 e. The first-order valence-electron chi connectivity index (χ1n) is 4.84. The predicted molar refractivity (Wildman–Crippen MR) is 63.1 cm³/mol. The summed E-state index contributed by atoms with van der Waals surface area (Å²) in [4.78, 5) is 18.5. The van der Waals surface area contributed by atoms with Crippen LogP contribution < -0.4 is 11.1 Å². The summed E-state index contributed by atoms with van der Waals surface area (Å²) in [5.41, 5.74) is 6.13. The van der Waals surface area contributed by atoms with E-state index in [-0.39, 0.29) is 17.3 Å². The van der Waals surface area contributed by atoms with Gasteiger partial charge < -0.3 is 16.2 Å². The van der Waals surface area contributed by atoms with E-state index in [1.165, 1.54) is 6.20 Å². The average molecular weight is 230 g/mol. The zero-order chi connectivity index (χ0) is 12.3. The van der Waals surface area contributed by atoms with Gasteiger partial charge in [0.15, 0.2) is 5.82 Å². The Labute approximate surface area is 97.1 Å². The number of nitrogens with zero attached hydrogens (tertiary/aromatic N) is 2. The summed E-state index contributed by atoms with van der Waals surface area (Å²) in [5, 5.41) is 11.9. The summed E-state index contributed by atoms with van der Waals surface area (Å²) >= 11 is 0. The van der Waals surface area contributed by atoms with Gasteiger partial charge in [0.05, 0.1) is 0 Å². The molecule has 1 aromatic carbocycles. The Morgan fingerprint density at radius 3 is 2.65 bits per heavy atom. The van der Waals surface area contributed by atoms with E-state index < -0.39 is 5.97 Å². The van der Waals surface area contributed by atoms with Crippen molar-refractivity contribution in [1.82, 2.24) is 9.97 Å². The van der Waals surface area contributed by atoms with Crippen molar-refractivity contribution in [2.45, 2.75) is 0 Å². The lowest BCUT2D eigenvalue weighted by molar-refractivity contribution is 0.0697. The first kappa shape index (κ1) is 10.9. The number of aromatic carboxylic acids is 1. The van der Waals surface area contributed by atoms with E-state index >= 15 is 0 Å². The molecule has 6 nitrogen and oxygen atoms in total. The average Bonchev–Trinajstić information content (AvgIpc) is 2.30. The van der Waals surface area contributed by atoms with E-state index in [1.807, 2.05) is 18.2 Å². The molecule has 86 valence electrons. The van der Waals surface area contributed by atoms with Crippen LogP contribution in [0, 0.1) is 0 Å². The van der Waals surface area contributed by atoms with Gasteiger partial charge in [-0.2, -0.15) is 4.98 Å². The Kier molecular flexibility index (Phi) is 2.87. The predicted octanol–water partition coefficient (Wildman–Crippen LogP) is 1.50. The lowest BCUT2D eigenvalue weighted by atomic mass is 10.3. The smallest absolute Gasteiger partial charge is 0.341 e. The summed E-state index contributed by atoms with van der Waals surface area (Å²) in [6.45, 7) is 0. The van der Waals surface area contributed by atoms with Crippen LogP contribution in [0.1, 0.15) is 10.4 Å². The Balaban J connectivity index is 2.37. The number of carbonyl (C=O) groups is 1. The topological polar surface area (TPSA) is 101 Å². The molecule has 0 aliphatic heterocycles. The van der Waals surface area contributed by atoms with Crippen molar-refractivity contribution in [2.75, 3.05) is 11.1 Å². The molecule has 0 bridgehead atoms. The number of nitrogens with one attached hydrogen (secondary N) is 1. The molecule has 2 rings (SSSR count). The number of nitrogen functional groups attached to an aromatic ring is 1. The maximum atomic E-state index is 11.0. The number of hydrogen-bond acceptors (Lipinski definition) is 5. The van der Waals surface area contributed by atoms with Crippen LogP contribution >= 0.6 is 0 Å². The van der Waals surface area contributed by atoms with Gasteiger partial charge in [-0.25, -0.2) is 9.78 Å². The molecule has 0 aliphatic rings. The van der Waals surface area contributed by atoms with Crippen molar-refractivity contribution >= 4 is 23.4 Å². The Bertz CT molecular complexity index is 542. The Hall–Kier alpha value is -2.63. The molecule has 0 aliphatic carbocycles. The first-order valence-corrected chi connectivity index (χ1v) is 4.84. The van der Waals surface area contributed by atoms with E-state index in [0.29, 0.717) is 0 Å². The van der Waals surface area contributed by atoms with Crippen molar-refractivity contribution in [3.8, 4) is 0 Å². The lowest BCUT2D eigenvalue weighted by Gasteiger charge is -2.08. The molecule has 0 radical (unpaired) electrons. The van der Waals surface area contributed by atoms with E-state index in [1.54, 1.807) is 12.1 Å². The minimum atomic E-state index is -1.11. The van der Waals surface area contributed by atoms with Gasteiger partial charge in [0.25, 0.3) is 0 Å². The maximum absolute atomic E-state index is 11.0. The molecule has 0 amide bonds. The zero-order valence-electron chi connectivity index (χ0n) is 8.79. The zero-order valence-corrected chi connectivity index (χ0v) is 8.79. The second-order valence-corrected chi connectivity index (χ2v) is 3.29. The van der Waals surface area contributed by atoms with Gasteiger partial charge in [-0.1, -0.05) is 18.2 Å². The first-order chi connectivity index (χ1) is 8.16. The molecule has 0 atom stereocenters. The van der Waals surface area contributed by atoms with Crippen LogP contribution in [0.3, 0.4) is 0 Å². The van der Waals surface area contributed by atoms with Crippen molar-refractivity contribution in [3.05, 3.63) is 42.1 Å². The van der Waals surface area contributed by atoms with Gasteiger partial charge in [-0.05, 0) is 12.1 Å². The van der Waals surface area contributed by atoms with Crippen LogP contribution in [-0.4, -0.2) is 21.0 Å². The number of hydrogen-bond donors (Lipinski definition) is 3. The third-order valence-electron chi connectivity index (χ3n) is 2.07. The molecule has 0 unspecified atom stereocenters. The van der Waals surface area contributed by atoms with Gasteiger partial charge >= 0.3 is 5.97 Å². The monoisotopic (exact) mass is 230 g/mol. The van der Waals surface area contributed by atoms with Crippen molar-refractivity contribution in [3.63, 3.8) is 0 Å². The number of anilines is 3. The fourth-order valence-corrected chi connectivity index (χ4v) is 1.31. The Morgan fingerprint density at radius 2 is 2.00 bits per heavy atom. The second-order valence-electron chi connectivity index (χ2n) is 3.29. The van der Waals surface area contributed by atoms with Gasteiger partial charge in [-0.3, -0.25) is 0 Å². The third kappa shape index (κ3) is 2.49. The number of nitrogens with two attached hydrogens (primary N) is 1. The highest BCUT2D eigenvalue weighted by Crippen LogP contribution is 2.18. The van der Waals surface area contributed by atoms with Crippen LogP contribution in [0.4, 0.5) is 17.5 Å². The van der Waals surface area contributed by atoms with Crippen LogP contribution in [-0.2, 0) is 0 Å². The molecule has 1 aromatic heterocycles. The summed E-state index contributed by atoms with van der Waals surface area (Å²) < 4.78 is 0. The number of rotatable bonds is 3. The fourth-order valence-electron chi connectivity index (χ4n) is 1.31. The molecule has 0 fully saturated rings. The SMILES string of the molecule is Nc1ncc(C(=O)O)c(Nc2ccccc2)n1. The summed E-state index contributed by atoms with van der Waals surface area (Å²) in [6.07, 6.45) is 1.18. The molecule has 0 saturated carbocycles. The van der Waals surface area contributed by atoms with Crippen LogP contribution in [0.2, 0.25) is 0 Å². The summed E-state index contributed by atoms with van der Waals surface area (Å²) in [7, 11) is 0. The van der Waals surface area contributed by atoms with E-state index in [9.17, 15) is 4.79 Å². The summed E-state index contributed by atoms with van der Waals surface area (Å²) in [6, 6.07) is 9.10. The molecular weight excluding hydrogens is 220 g/mol. The fraction of sp³-hybridized carbons (Fsp3) is 0. The molecule has 17 heavy (non-hydrogen) atoms. The highest BCUT2D eigenvalue weighted by molar-refractivity contribution is 5.93. The van der Waals surface area contributed by atoms with Crippen molar-refractivity contribution in [2.24, 2.45) is 0 Å². The van der Waals surface area contributed by atoms with Gasteiger partial charge in [0, 0.05) is 11.9 Å². The van der Waals surface area contributed by atoms with Crippen LogP contribution in [0.15, 0.2) is 36.5 Å². The molecule has 4 N–H and O–H groups in total. The number of carboxylic acid groups (broad SMARTS) is 1. The molecule has 0 spiro atoms. The normalized spacial score (nSPS) is 9.88. The maximum Gasteiger partial charge on any atom is 0.341 e. The number of aromatic nitrogens is 2. The van der Waals surface area contributed by atoms with Crippen molar-refractivity contribution < 1.29 is 9.90 Å². The highest BCUT2D eigenvalue weighted by atomic mass is 16.4. The van der Waals surface area contributed by atoms with Gasteiger partial charge in [-0.15, -0.1) is 0 Å². The molecule has 0 saturated heterocycles. The number of benzene rings is 1. The van der Waals surface area contributed by atoms with E-state index in [0.717, 1.165) is 5.69 Å². The summed E-state index contributed by atoms with van der Waals surface area (Å²) in [5.74, 6) is -0.909. The minimum absolute atomic E-state index is 0.0217. The second kappa shape index (κ2) is 4.48. The van der Waals surface area contributed by atoms with Gasteiger partial charge in [0.1, 0.15) is 5.56 Å². The molecule has 2 aromatic rings. The van der Waals surface area contributed by atoms with Crippen molar-refractivity contribution in [1.29, 1.82) is 0 Å². The molecule has 6 heteroatoms. The van der Waals surface area contributed by atoms with Crippen LogP contribution in [0.25, 0.3) is 0 Å². The third-order valence-corrected chi connectivity index (χ3v) is 2.07. The van der Waals surface area contributed by atoms with E-state index in [4.69, 9.17) is 10.8 Å². The number of para-hydroxylation sites is 1. The molecular formula is C11H10N4O2. The Morgan fingerprint density at radius 1 is 1.29 bits per heavy atom. The standard InChI is InChI=1S/C11H10N4O2/c12-11-13-6-8(10(16)17)9(15-11)14-7-4-2-1-3-5-7/h1-6H,(H,16,17)(H3,12,13,14,15). The van der Waals surface area contributed by atoms with Gasteiger partial charge in [0.2, 0.25) is 5.95 Å². The quantitative estimate of drug-likeness (QED) is 0.738. The lowest BCUT2D eigenvalue weighted by Crippen LogP contribution is -2.08. The van der Waals surface area contributed by atoms with Crippen LogP contribution in [0.5, 0.6) is 0 Å². The molecule has 1 heterocycles. The highest BCUT2D eigenvalue weighted by Gasteiger charge is 2.12. The minimum Gasteiger partial charge on any atom is -0.477 e.